The van der Waals surface area contributed by atoms with Crippen LogP contribution in [-0.4, -0.2) is 12.6 Å². The summed E-state index contributed by atoms with van der Waals surface area (Å²) in [4.78, 5) is 0. The second-order valence-corrected chi connectivity index (χ2v) is 4.90. The number of fused-ring (bicyclic) bond motifs is 1. The van der Waals surface area contributed by atoms with Gasteiger partial charge in [-0.15, -0.1) is 0 Å². The predicted octanol–water partition coefficient (Wildman–Crippen LogP) is 1.64. The maximum Gasteiger partial charge on any atom is 0.0107 e. The molecule has 1 saturated carbocycles. The Morgan fingerprint density at radius 3 is 2.20 bits per heavy atom. The van der Waals surface area contributed by atoms with Gasteiger partial charge in [0, 0.05) is 6.04 Å². The molecule has 1 heteroatoms. The van der Waals surface area contributed by atoms with Crippen molar-refractivity contribution in [3.63, 3.8) is 0 Å². The fourth-order valence-corrected chi connectivity index (χ4v) is 2.79. The van der Waals surface area contributed by atoms with E-state index in [2.05, 4.69) is 26.1 Å². The van der Waals surface area contributed by atoms with E-state index in [-0.39, 0.29) is 0 Å². The van der Waals surface area contributed by atoms with E-state index in [0.29, 0.717) is 5.41 Å². The summed E-state index contributed by atoms with van der Waals surface area (Å²) in [6, 6.07) is 0.866. The molecule has 1 N–H and O–H groups in total. The molecule has 3 atom stereocenters. The van der Waals surface area contributed by atoms with Crippen LogP contribution in [0.1, 0.15) is 27.2 Å². The minimum absolute atomic E-state index is 0.539. The summed E-state index contributed by atoms with van der Waals surface area (Å²) >= 11 is 0. The summed E-state index contributed by atoms with van der Waals surface area (Å²) in [6.45, 7) is 8.38. The first-order chi connectivity index (χ1) is 4.59. The van der Waals surface area contributed by atoms with Crippen LogP contribution < -0.4 is 5.32 Å². The van der Waals surface area contributed by atoms with Gasteiger partial charge in [0.15, 0.2) is 0 Å². The maximum atomic E-state index is 3.55. The zero-order valence-electron chi connectivity index (χ0n) is 7.15. The molecule has 58 valence electrons. The van der Waals surface area contributed by atoms with Gasteiger partial charge in [-0.05, 0) is 30.2 Å². The molecular weight excluding hydrogens is 122 g/mol. The van der Waals surface area contributed by atoms with Gasteiger partial charge < -0.3 is 5.32 Å². The van der Waals surface area contributed by atoms with Crippen LogP contribution in [0, 0.1) is 17.3 Å². The van der Waals surface area contributed by atoms with E-state index >= 15 is 0 Å². The van der Waals surface area contributed by atoms with Crippen molar-refractivity contribution in [2.75, 3.05) is 6.54 Å². The Morgan fingerprint density at radius 1 is 1.30 bits per heavy atom. The van der Waals surface area contributed by atoms with Gasteiger partial charge in [0.05, 0.1) is 0 Å². The van der Waals surface area contributed by atoms with Crippen molar-refractivity contribution in [1.82, 2.24) is 5.32 Å². The Morgan fingerprint density at radius 2 is 2.00 bits per heavy atom. The molecule has 2 saturated heterocycles. The molecule has 2 bridgehead atoms. The summed E-state index contributed by atoms with van der Waals surface area (Å²) in [5, 5.41) is 3.55. The molecule has 3 fully saturated rings. The Balaban J connectivity index is 2.09. The highest BCUT2D eigenvalue weighted by Gasteiger charge is 2.51. The molecule has 3 aliphatic rings. The van der Waals surface area contributed by atoms with Gasteiger partial charge in [-0.2, -0.15) is 0 Å². The van der Waals surface area contributed by atoms with Crippen molar-refractivity contribution in [2.24, 2.45) is 17.3 Å². The van der Waals surface area contributed by atoms with E-state index in [4.69, 9.17) is 0 Å². The average molecular weight is 139 g/mol. The summed E-state index contributed by atoms with van der Waals surface area (Å²) in [6.07, 6.45) is 1.45. The molecule has 0 aromatic heterocycles. The van der Waals surface area contributed by atoms with Gasteiger partial charge in [-0.25, -0.2) is 0 Å². The van der Waals surface area contributed by atoms with Gasteiger partial charge in [-0.3, -0.25) is 0 Å². The molecule has 10 heavy (non-hydrogen) atoms. The Hall–Kier alpha value is -0.0400. The minimum atomic E-state index is 0.539. The first kappa shape index (κ1) is 6.66. The Kier molecular flexibility index (Phi) is 1.17. The lowest BCUT2D eigenvalue weighted by atomic mass is 9.61. The molecule has 0 aromatic carbocycles. The maximum absolute atomic E-state index is 3.55. The van der Waals surface area contributed by atoms with Crippen molar-refractivity contribution < 1.29 is 0 Å². The molecule has 0 amide bonds. The van der Waals surface area contributed by atoms with E-state index in [1.54, 1.807) is 0 Å². The van der Waals surface area contributed by atoms with Gasteiger partial charge in [0.1, 0.15) is 0 Å². The predicted molar refractivity (Wildman–Crippen MR) is 42.8 cm³/mol. The molecular formula is C9H17N. The number of hydrogen-bond acceptors (Lipinski definition) is 1. The van der Waals surface area contributed by atoms with E-state index in [9.17, 15) is 0 Å². The molecule has 3 rings (SSSR count). The Labute approximate surface area is 63.2 Å². The zero-order valence-corrected chi connectivity index (χ0v) is 7.15. The van der Waals surface area contributed by atoms with Crippen LogP contribution in [-0.2, 0) is 0 Å². The summed E-state index contributed by atoms with van der Waals surface area (Å²) in [5.41, 5.74) is 0.539. The van der Waals surface area contributed by atoms with Crippen LogP contribution >= 0.6 is 0 Å². The molecule has 0 radical (unpaired) electrons. The minimum Gasteiger partial charge on any atom is -0.313 e. The SMILES string of the molecule is CC(C)(C)[C@H]1[C@H]2CN[C@@H]1C2. The third kappa shape index (κ3) is 0.731. The smallest absolute Gasteiger partial charge is 0.0107 e. The van der Waals surface area contributed by atoms with E-state index in [0.717, 1.165) is 17.9 Å². The first-order valence-electron chi connectivity index (χ1n) is 4.32. The average Bonchev–Trinajstić information content (AvgIpc) is 2.08. The topological polar surface area (TPSA) is 12.0 Å². The monoisotopic (exact) mass is 139 g/mol. The van der Waals surface area contributed by atoms with Gasteiger partial charge in [-0.1, -0.05) is 20.8 Å². The number of nitrogens with one attached hydrogen (secondary N) is 1. The summed E-state index contributed by atoms with van der Waals surface area (Å²) in [7, 11) is 0. The van der Waals surface area contributed by atoms with Crippen LogP contribution in [0.25, 0.3) is 0 Å². The molecule has 1 nitrogen and oxygen atoms in total. The standard InChI is InChI=1S/C9H17N/c1-9(2,3)8-6-4-7(8)10-5-6/h6-8,10H,4-5H2,1-3H3/t6-,7-,8+/m1/s1. The van der Waals surface area contributed by atoms with E-state index in [1.165, 1.54) is 13.0 Å². The highest BCUT2D eigenvalue weighted by molar-refractivity contribution is 5.06. The first-order valence-corrected chi connectivity index (χ1v) is 4.32. The van der Waals surface area contributed by atoms with Crippen LogP contribution in [0.3, 0.4) is 0 Å². The fraction of sp³-hybridized carbons (Fsp3) is 1.00. The molecule has 2 aliphatic heterocycles. The highest BCUT2D eigenvalue weighted by atomic mass is 15.0. The van der Waals surface area contributed by atoms with Gasteiger partial charge in [0.25, 0.3) is 0 Å². The van der Waals surface area contributed by atoms with Crippen molar-refractivity contribution in [3.8, 4) is 0 Å². The van der Waals surface area contributed by atoms with Gasteiger partial charge in [0.2, 0.25) is 0 Å². The lowest BCUT2D eigenvalue weighted by Gasteiger charge is -2.44. The van der Waals surface area contributed by atoms with Crippen LogP contribution in [0.5, 0.6) is 0 Å². The Bertz CT molecular complexity index is 131. The lowest BCUT2D eigenvalue weighted by Crippen LogP contribution is -2.44. The molecule has 0 aromatic rings. The normalized spacial score (nSPS) is 45.3. The molecule has 0 spiro atoms. The second-order valence-electron chi connectivity index (χ2n) is 4.90. The van der Waals surface area contributed by atoms with Crippen LogP contribution in [0.4, 0.5) is 0 Å². The number of rotatable bonds is 0. The zero-order chi connectivity index (χ0) is 7.35. The van der Waals surface area contributed by atoms with Crippen LogP contribution in [0.2, 0.25) is 0 Å². The van der Waals surface area contributed by atoms with Gasteiger partial charge >= 0.3 is 0 Å². The van der Waals surface area contributed by atoms with Crippen molar-refractivity contribution in [2.45, 2.75) is 33.2 Å². The van der Waals surface area contributed by atoms with E-state index < -0.39 is 0 Å². The highest BCUT2D eigenvalue weighted by Crippen LogP contribution is 2.49. The second kappa shape index (κ2) is 1.76. The van der Waals surface area contributed by atoms with Crippen LogP contribution in [0.15, 0.2) is 0 Å². The van der Waals surface area contributed by atoms with Crippen molar-refractivity contribution in [1.29, 1.82) is 0 Å². The molecule has 2 heterocycles. The summed E-state index contributed by atoms with van der Waals surface area (Å²) < 4.78 is 0. The summed E-state index contributed by atoms with van der Waals surface area (Å²) in [5.74, 6) is 1.97. The molecule has 1 aliphatic carbocycles. The lowest BCUT2D eigenvalue weighted by molar-refractivity contribution is 0.0809. The van der Waals surface area contributed by atoms with Crippen molar-refractivity contribution >= 4 is 0 Å². The van der Waals surface area contributed by atoms with E-state index in [1.807, 2.05) is 0 Å². The van der Waals surface area contributed by atoms with Crippen molar-refractivity contribution in [3.05, 3.63) is 0 Å². The largest absolute Gasteiger partial charge is 0.313 e. The number of hydrogen-bond donors (Lipinski definition) is 1. The third-order valence-corrected chi connectivity index (χ3v) is 3.14. The fourth-order valence-electron chi connectivity index (χ4n) is 2.79. The third-order valence-electron chi connectivity index (χ3n) is 3.14. The molecule has 0 unspecified atom stereocenters. The quantitative estimate of drug-likeness (QED) is 0.538.